The van der Waals surface area contributed by atoms with E-state index in [9.17, 15) is 13.6 Å². The van der Waals surface area contributed by atoms with Crippen molar-refractivity contribution in [3.63, 3.8) is 0 Å². The Bertz CT molecular complexity index is 1040. The molecule has 1 N–H and O–H groups in total. The lowest BCUT2D eigenvalue weighted by molar-refractivity contribution is 0.0232. The third-order valence-electron chi connectivity index (χ3n) is 7.14. The van der Waals surface area contributed by atoms with E-state index < -0.39 is 11.2 Å². The fourth-order valence-electron chi connectivity index (χ4n) is 5.52. The molecule has 33 heavy (non-hydrogen) atoms. The van der Waals surface area contributed by atoms with Gasteiger partial charge in [0.15, 0.2) is 5.82 Å². The average Bonchev–Trinajstić information content (AvgIpc) is 3.29. The Balaban J connectivity index is 1.51. The van der Waals surface area contributed by atoms with E-state index in [0.717, 1.165) is 25.7 Å². The minimum Gasteiger partial charge on any atom is -0.381 e. The number of hydrogen-bond donors (Lipinski definition) is 1. The molecule has 3 fully saturated rings. The van der Waals surface area contributed by atoms with Crippen LogP contribution in [0.1, 0.15) is 32.1 Å². The number of amides is 2. The highest BCUT2D eigenvalue weighted by molar-refractivity contribution is 7.18. The molecule has 9 heteroatoms. The number of urea groups is 1. The monoisotopic (exact) mass is 474 g/mol. The average molecular weight is 474 g/mol. The Morgan fingerprint density at radius 2 is 1.94 bits per heavy atom. The Morgan fingerprint density at radius 3 is 2.58 bits per heavy atom. The van der Waals surface area contributed by atoms with E-state index in [1.807, 2.05) is 9.80 Å². The van der Waals surface area contributed by atoms with Gasteiger partial charge >= 0.3 is 6.03 Å². The zero-order chi connectivity index (χ0) is 23.2. The fourth-order valence-corrected chi connectivity index (χ4v) is 5.87. The molecule has 4 heterocycles. The largest absolute Gasteiger partial charge is 0.381 e. The van der Waals surface area contributed by atoms with Gasteiger partial charge in [0.2, 0.25) is 0 Å². The van der Waals surface area contributed by atoms with Crippen molar-refractivity contribution < 1.29 is 18.3 Å². The van der Waals surface area contributed by atoms with Crippen LogP contribution >= 0.6 is 9.24 Å². The van der Waals surface area contributed by atoms with Gasteiger partial charge in [-0.05, 0) is 37.8 Å². The first-order chi connectivity index (χ1) is 15.9. The van der Waals surface area contributed by atoms with Crippen LogP contribution in [0, 0.1) is 5.82 Å². The molecule has 176 valence electrons. The van der Waals surface area contributed by atoms with Crippen molar-refractivity contribution >= 4 is 26.8 Å². The summed E-state index contributed by atoms with van der Waals surface area (Å²) in [6.45, 7) is 0.597. The summed E-state index contributed by atoms with van der Waals surface area (Å²) >= 11 is 0. The number of aromatic nitrogens is 1. The number of halogens is 2. The Labute approximate surface area is 194 Å². The zero-order valence-corrected chi connectivity index (χ0v) is 19.8. The molecule has 3 aliphatic heterocycles. The summed E-state index contributed by atoms with van der Waals surface area (Å²) in [6, 6.07) is 8.15. The maximum Gasteiger partial charge on any atom is 0.322 e. The SMILES string of the molecule is CO[C@@H]1C[C@H]2CC[C@@H](C1)N2C(=O)Nc1c(-c2ccccc2F)ccnc1N1CCC(F)(P)C1. The summed E-state index contributed by atoms with van der Waals surface area (Å²) in [5, 5.41) is 1.64. The number of nitrogens with one attached hydrogen (secondary N) is 1. The highest BCUT2D eigenvalue weighted by Gasteiger charge is 2.44. The van der Waals surface area contributed by atoms with Gasteiger partial charge in [-0.3, -0.25) is 0 Å². The molecule has 1 aromatic heterocycles. The summed E-state index contributed by atoms with van der Waals surface area (Å²) in [4.78, 5) is 21.8. The molecule has 0 saturated carbocycles. The van der Waals surface area contributed by atoms with Crippen LogP contribution < -0.4 is 10.2 Å². The van der Waals surface area contributed by atoms with Gasteiger partial charge < -0.3 is 19.9 Å². The number of benzene rings is 1. The lowest BCUT2D eigenvalue weighted by atomic mass is 10.00. The van der Waals surface area contributed by atoms with Gasteiger partial charge in [-0.15, -0.1) is 0 Å². The van der Waals surface area contributed by atoms with E-state index in [1.54, 1.807) is 37.6 Å². The second kappa shape index (κ2) is 8.80. The van der Waals surface area contributed by atoms with Gasteiger partial charge in [0.25, 0.3) is 0 Å². The number of pyridine rings is 1. The lowest BCUT2D eigenvalue weighted by Gasteiger charge is -2.38. The fraction of sp³-hybridized carbons (Fsp3) is 0.500. The van der Waals surface area contributed by atoms with E-state index >= 15 is 0 Å². The van der Waals surface area contributed by atoms with E-state index in [-0.39, 0.29) is 30.8 Å². The minimum absolute atomic E-state index is 0.114. The molecule has 6 nitrogen and oxygen atoms in total. The van der Waals surface area contributed by atoms with Gasteiger partial charge in [0.1, 0.15) is 11.2 Å². The van der Waals surface area contributed by atoms with Gasteiger partial charge in [-0.25, -0.2) is 18.6 Å². The normalized spacial score (nSPS) is 28.9. The molecule has 5 rings (SSSR count). The first-order valence-electron chi connectivity index (χ1n) is 11.4. The quantitative estimate of drug-likeness (QED) is 0.646. The van der Waals surface area contributed by atoms with Crippen molar-refractivity contribution in [3.05, 3.63) is 42.3 Å². The number of ether oxygens (including phenoxy) is 1. The Morgan fingerprint density at radius 1 is 1.21 bits per heavy atom. The molecule has 0 radical (unpaired) electrons. The van der Waals surface area contributed by atoms with Crippen LogP contribution in [0.3, 0.4) is 0 Å². The molecule has 2 bridgehead atoms. The molecule has 2 aromatic rings. The smallest absolute Gasteiger partial charge is 0.322 e. The molecule has 2 amide bonds. The van der Waals surface area contributed by atoms with Crippen LogP contribution in [0.5, 0.6) is 0 Å². The third kappa shape index (κ3) is 4.31. The molecule has 3 saturated heterocycles. The third-order valence-corrected chi connectivity index (χ3v) is 7.61. The number of alkyl halides is 1. The molecular weight excluding hydrogens is 445 g/mol. The van der Waals surface area contributed by atoms with E-state index in [1.165, 1.54) is 6.07 Å². The number of hydrogen-bond acceptors (Lipinski definition) is 4. The maximum absolute atomic E-state index is 14.8. The number of piperidine rings is 1. The highest BCUT2D eigenvalue weighted by Crippen LogP contribution is 2.42. The van der Waals surface area contributed by atoms with Crippen LogP contribution in [0.2, 0.25) is 0 Å². The molecule has 0 aliphatic carbocycles. The van der Waals surface area contributed by atoms with Gasteiger partial charge in [-0.1, -0.05) is 27.4 Å². The van der Waals surface area contributed by atoms with Gasteiger partial charge in [-0.2, -0.15) is 0 Å². The number of carbonyl (C=O) groups excluding carboxylic acids is 1. The summed E-state index contributed by atoms with van der Waals surface area (Å²) in [5.41, 5.74) is 1.32. The summed E-state index contributed by atoms with van der Waals surface area (Å²) in [5.74, 6) is 0.0728. The van der Waals surface area contributed by atoms with Gasteiger partial charge in [0, 0.05) is 49.5 Å². The summed E-state index contributed by atoms with van der Waals surface area (Å²) in [6.07, 6.45) is 5.60. The molecule has 3 aliphatic rings. The van der Waals surface area contributed by atoms with Crippen molar-refractivity contribution in [2.45, 2.75) is 55.7 Å². The molecule has 2 unspecified atom stereocenters. The molecular formula is C24H29F2N4O2P. The zero-order valence-electron chi connectivity index (χ0n) is 18.6. The van der Waals surface area contributed by atoms with Gasteiger partial charge in [0.05, 0.1) is 18.3 Å². The number of nitrogens with zero attached hydrogens (tertiary/aromatic N) is 3. The molecule has 5 atom stereocenters. The Hall–Kier alpha value is -2.31. The Kier molecular flexibility index (Phi) is 6.00. The van der Waals surface area contributed by atoms with Crippen LogP contribution in [-0.4, -0.2) is 59.7 Å². The van der Waals surface area contributed by atoms with Crippen molar-refractivity contribution in [1.29, 1.82) is 0 Å². The molecule has 1 aromatic carbocycles. The van der Waals surface area contributed by atoms with Crippen molar-refractivity contribution in [2.24, 2.45) is 0 Å². The van der Waals surface area contributed by atoms with E-state index in [0.29, 0.717) is 35.6 Å². The summed E-state index contributed by atoms with van der Waals surface area (Å²) in [7, 11) is 3.98. The second-order valence-electron chi connectivity index (χ2n) is 9.29. The number of rotatable bonds is 4. The minimum atomic E-state index is -1.42. The second-order valence-corrected chi connectivity index (χ2v) is 10.3. The van der Waals surface area contributed by atoms with Crippen molar-refractivity contribution in [1.82, 2.24) is 9.88 Å². The number of carbonyl (C=O) groups is 1. The summed E-state index contributed by atoms with van der Waals surface area (Å²) < 4.78 is 34.9. The lowest BCUT2D eigenvalue weighted by Crippen LogP contribution is -2.50. The van der Waals surface area contributed by atoms with Crippen molar-refractivity contribution in [3.8, 4) is 11.1 Å². The maximum atomic E-state index is 14.8. The standard InChI is InChI=1S/C24H29F2N4O2P/c1-32-17-12-15-6-7-16(13-17)30(15)23(31)28-21-19(18-4-2-3-5-20(18)25)8-10-27-22(21)29-11-9-24(26,33)14-29/h2-5,8,10,15-17H,6-7,9,11-14,33H2,1H3,(H,28,31)/t15-,16+,17-,24?. The first-order valence-corrected chi connectivity index (χ1v) is 12.0. The molecule has 0 spiro atoms. The number of methoxy groups -OCH3 is 1. The number of anilines is 2. The predicted molar refractivity (Wildman–Crippen MR) is 128 cm³/mol. The first kappa shape index (κ1) is 22.5. The highest BCUT2D eigenvalue weighted by atomic mass is 31.0. The predicted octanol–water partition coefficient (Wildman–Crippen LogP) is 4.81. The van der Waals surface area contributed by atoms with Crippen LogP contribution in [0.4, 0.5) is 25.1 Å². The van der Waals surface area contributed by atoms with Crippen molar-refractivity contribution in [2.75, 3.05) is 30.4 Å². The van der Waals surface area contributed by atoms with E-state index in [2.05, 4.69) is 19.5 Å². The van der Waals surface area contributed by atoms with Crippen LogP contribution in [0.15, 0.2) is 36.5 Å². The number of fused-ring (bicyclic) bond motifs is 2. The van der Waals surface area contributed by atoms with Crippen LogP contribution in [-0.2, 0) is 4.74 Å². The van der Waals surface area contributed by atoms with Crippen LogP contribution in [0.25, 0.3) is 11.1 Å². The van der Waals surface area contributed by atoms with E-state index in [4.69, 9.17) is 4.74 Å². The topological polar surface area (TPSA) is 57.7 Å².